The number of hydrogen-bond donors (Lipinski definition) is 1. The first-order valence-corrected chi connectivity index (χ1v) is 5.53. The monoisotopic (exact) mass is 260 g/mol. The molecule has 1 N–H and O–H groups in total. The zero-order chi connectivity index (χ0) is 13.8. The third-order valence-corrected chi connectivity index (χ3v) is 2.58. The Kier molecular flexibility index (Phi) is 3.71. The number of halogens is 2. The van der Waals surface area contributed by atoms with Gasteiger partial charge in [-0.1, -0.05) is 24.3 Å². The fourth-order valence-electron chi connectivity index (χ4n) is 1.75. The molecule has 0 atom stereocenters. The third-order valence-electron chi connectivity index (χ3n) is 2.58. The Hall–Kier alpha value is -2.49. The molecule has 4 heteroatoms. The van der Waals surface area contributed by atoms with Gasteiger partial charge in [0.1, 0.15) is 11.6 Å². The Bertz CT molecular complexity index is 648. The quantitative estimate of drug-likeness (QED) is 0.854. The van der Waals surface area contributed by atoms with E-state index in [1.165, 1.54) is 42.5 Å². The Labute approximate surface area is 108 Å². The van der Waals surface area contributed by atoms with E-state index in [1.807, 2.05) is 0 Å². The largest absolute Gasteiger partial charge is 0.478 e. The van der Waals surface area contributed by atoms with E-state index < -0.39 is 17.6 Å². The minimum Gasteiger partial charge on any atom is -0.478 e. The van der Waals surface area contributed by atoms with Crippen LogP contribution in [0.2, 0.25) is 0 Å². The molecular formula is C15H10F2O2. The van der Waals surface area contributed by atoms with Gasteiger partial charge in [-0.3, -0.25) is 0 Å². The Morgan fingerprint density at radius 3 is 2.47 bits per heavy atom. The first-order valence-electron chi connectivity index (χ1n) is 5.53. The lowest BCUT2D eigenvalue weighted by Gasteiger charge is -2.07. The van der Waals surface area contributed by atoms with Crippen molar-refractivity contribution < 1.29 is 18.7 Å². The van der Waals surface area contributed by atoms with E-state index in [-0.39, 0.29) is 5.56 Å². The number of rotatable bonds is 3. The number of carboxylic acids is 1. The maximum absolute atomic E-state index is 13.7. The van der Waals surface area contributed by atoms with Crippen LogP contribution in [0.25, 0.3) is 17.2 Å². The van der Waals surface area contributed by atoms with Gasteiger partial charge in [-0.15, -0.1) is 0 Å². The predicted molar refractivity (Wildman–Crippen MR) is 68.5 cm³/mol. The summed E-state index contributed by atoms with van der Waals surface area (Å²) in [5.74, 6) is -2.12. The van der Waals surface area contributed by atoms with Crippen LogP contribution in [0.4, 0.5) is 8.78 Å². The molecule has 0 aromatic heterocycles. The highest BCUT2D eigenvalue weighted by atomic mass is 19.1. The molecule has 0 bridgehead atoms. The molecule has 0 spiro atoms. The molecule has 0 heterocycles. The maximum Gasteiger partial charge on any atom is 0.328 e. The summed E-state index contributed by atoms with van der Waals surface area (Å²) in [5, 5.41) is 8.61. The minimum absolute atomic E-state index is 0.229. The summed E-state index contributed by atoms with van der Waals surface area (Å²) in [5.41, 5.74) is 0.983. The first-order chi connectivity index (χ1) is 9.08. The standard InChI is InChI=1S/C15H10F2O2/c16-11-7-5-10(6-8-15(18)19)13(9-11)12-3-1-2-4-14(12)17/h1-9H,(H,18,19)/b8-6+. The topological polar surface area (TPSA) is 37.3 Å². The molecule has 96 valence electrons. The molecule has 2 aromatic rings. The SMILES string of the molecule is O=C(O)/C=C/c1ccc(F)cc1-c1ccccc1F. The lowest BCUT2D eigenvalue weighted by molar-refractivity contribution is -0.131. The van der Waals surface area contributed by atoms with Crippen molar-refractivity contribution in [3.63, 3.8) is 0 Å². The zero-order valence-corrected chi connectivity index (χ0v) is 9.81. The van der Waals surface area contributed by atoms with Crippen LogP contribution in [0.15, 0.2) is 48.5 Å². The van der Waals surface area contributed by atoms with Gasteiger partial charge in [0.15, 0.2) is 0 Å². The summed E-state index contributed by atoms with van der Waals surface area (Å²) in [6.45, 7) is 0. The van der Waals surface area contributed by atoms with Crippen molar-refractivity contribution in [1.82, 2.24) is 0 Å². The summed E-state index contributed by atoms with van der Waals surface area (Å²) >= 11 is 0. The summed E-state index contributed by atoms with van der Waals surface area (Å²) < 4.78 is 27.0. The van der Waals surface area contributed by atoms with Gasteiger partial charge in [-0.2, -0.15) is 0 Å². The highest BCUT2D eigenvalue weighted by molar-refractivity contribution is 5.87. The Morgan fingerprint density at radius 1 is 1.05 bits per heavy atom. The van der Waals surface area contributed by atoms with Crippen LogP contribution in [0.5, 0.6) is 0 Å². The molecule has 0 aliphatic carbocycles. The summed E-state index contributed by atoms with van der Waals surface area (Å²) in [7, 11) is 0. The van der Waals surface area contributed by atoms with Crippen molar-refractivity contribution in [2.24, 2.45) is 0 Å². The van der Waals surface area contributed by atoms with Crippen LogP contribution in [0.1, 0.15) is 5.56 Å². The smallest absolute Gasteiger partial charge is 0.328 e. The third kappa shape index (κ3) is 3.04. The van der Waals surface area contributed by atoms with Crippen molar-refractivity contribution in [1.29, 1.82) is 0 Å². The number of benzene rings is 2. The van der Waals surface area contributed by atoms with E-state index in [1.54, 1.807) is 6.07 Å². The molecular weight excluding hydrogens is 250 g/mol. The summed E-state index contributed by atoms with van der Waals surface area (Å²) in [6.07, 6.45) is 2.24. The molecule has 0 saturated carbocycles. The van der Waals surface area contributed by atoms with E-state index in [0.717, 1.165) is 6.08 Å². The van der Waals surface area contributed by atoms with Crippen molar-refractivity contribution in [2.75, 3.05) is 0 Å². The number of carbonyl (C=O) groups is 1. The lowest BCUT2D eigenvalue weighted by atomic mass is 9.98. The van der Waals surface area contributed by atoms with E-state index in [9.17, 15) is 13.6 Å². The van der Waals surface area contributed by atoms with Crippen LogP contribution in [0, 0.1) is 11.6 Å². The van der Waals surface area contributed by atoms with Gasteiger partial charge in [0, 0.05) is 11.6 Å². The fraction of sp³-hybridized carbons (Fsp3) is 0. The highest BCUT2D eigenvalue weighted by Gasteiger charge is 2.09. The molecule has 2 aromatic carbocycles. The average Bonchev–Trinajstić information content (AvgIpc) is 2.37. The summed E-state index contributed by atoms with van der Waals surface area (Å²) in [4.78, 5) is 10.5. The second-order valence-corrected chi connectivity index (χ2v) is 3.88. The molecule has 0 radical (unpaired) electrons. The van der Waals surface area contributed by atoms with Crippen molar-refractivity contribution in [3.8, 4) is 11.1 Å². The molecule has 2 nitrogen and oxygen atoms in total. The molecule has 0 fully saturated rings. The maximum atomic E-state index is 13.7. The van der Waals surface area contributed by atoms with Gasteiger partial charge in [0.2, 0.25) is 0 Å². The second-order valence-electron chi connectivity index (χ2n) is 3.88. The van der Waals surface area contributed by atoms with Crippen LogP contribution in [0.3, 0.4) is 0 Å². The molecule has 19 heavy (non-hydrogen) atoms. The minimum atomic E-state index is -1.12. The fourth-order valence-corrected chi connectivity index (χ4v) is 1.75. The second kappa shape index (κ2) is 5.44. The summed E-state index contributed by atoms with van der Waals surface area (Å²) in [6, 6.07) is 9.74. The molecule has 0 saturated heterocycles. The number of aliphatic carboxylic acids is 1. The molecule has 2 rings (SSSR count). The zero-order valence-electron chi connectivity index (χ0n) is 9.81. The number of carboxylic acid groups (broad SMARTS) is 1. The number of hydrogen-bond acceptors (Lipinski definition) is 1. The molecule has 0 amide bonds. The first kappa shape index (κ1) is 13.0. The van der Waals surface area contributed by atoms with E-state index in [2.05, 4.69) is 0 Å². The van der Waals surface area contributed by atoms with Crippen LogP contribution in [-0.4, -0.2) is 11.1 Å². The van der Waals surface area contributed by atoms with E-state index in [4.69, 9.17) is 5.11 Å². The van der Waals surface area contributed by atoms with Gasteiger partial charge in [0.05, 0.1) is 0 Å². The molecule has 0 aliphatic heterocycles. The van der Waals surface area contributed by atoms with Gasteiger partial charge in [-0.25, -0.2) is 13.6 Å². The molecule has 0 aliphatic rings. The van der Waals surface area contributed by atoms with Gasteiger partial charge >= 0.3 is 5.97 Å². The van der Waals surface area contributed by atoms with Crippen molar-refractivity contribution in [2.45, 2.75) is 0 Å². The van der Waals surface area contributed by atoms with Crippen molar-refractivity contribution >= 4 is 12.0 Å². The Balaban J connectivity index is 2.58. The van der Waals surface area contributed by atoms with Crippen LogP contribution < -0.4 is 0 Å². The van der Waals surface area contributed by atoms with E-state index in [0.29, 0.717) is 11.1 Å². The van der Waals surface area contributed by atoms with Crippen LogP contribution in [-0.2, 0) is 4.79 Å². The lowest BCUT2D eigenvalue weighted by Crippen LogP contribution is -1.91. The molecule has 0 unspecified atom stereocenters. The van der Waals surface area contributed by atoms with Gasteiger partial charge in [-0.05, 0) is 35.4 Å². The average molecular weight is 260 g/mol. The van der Waals surface area contributed by atoms with Gasteiger partial charge in [0.25, 0.3) is 0 Å². The van der Waals surface area contributed by atoms with Gasteiger partial charge < -0.3 is 5.11 Å². The predicted octanol–water partition coefficient (Wildman–Crippen LogP) is 3.73. The van der Waals surface area contributed by atoms with Crippen molar-refractivity contribution in [3.05, 3.63) is 65.7 Å². The normalized spacial score (nSPS) is 10.8. The van der Waals surface area contributed by atoms with E-state index >= 15 is 0 Å². The van der Waals surface area contributed by atoms with Crippen LogP contribution >= 0.6 is 0 Å². The Morgan fingerprint density at radius 2 is 1.79 bits per heavy atom. The highest BCUT2D eigenvalue weighted by Crippen LogP contribution is 2.28.